The van der Waals surface area contributed by atoms with Crippen molar-refractivity contribution in [3.63, 3.8) is 0 Å². The van der Waals surface area contributed by atoms with Crippen LogP contribution in [0.15, 0.2) is 191 Å². The molecule has 12 aromatic rings. The number of rotatable bonds is 8. The van der Waals surface area contributed by atoms with Crippen LogP contribution < -0.4 is 9.80 Å². The Hall–Kier alpha value is -7.56. The average molecular weight is 801 g/mol. The molecule has 2 aromatic heterocycles. The molecule has 0 aliphatic carbocycles. The van der Waals surface area contributed by atoms with Crippen LogP contribution in [0, 0.1) is 0 Å². The number of anilines is 6. The molecule has 0 radical (unpaired) electrons. The molecular formula is C58H44N2O2. The SMILES string of the molecule is CC(C)c1cc2c(N(c3ccccc3)c3cccc4oc5ccccc5c34)ccc3c(C(C)C)cc4c(N(c5ccccc5)c5cccc6oc7ccccc7c56)ccc1c4c32. The van der Waals surface area contributed by atoms with E-state index in [9.17, 15) is 0 Å². The molecule has 0 saturated carbocycles. The summed E-state index contributed by atoms with van der Waals surface area (Å²) in [5.41, 5.74) is 12.8. The van der Waals surface area contributed by atoms with Crippen LogP contribution in [0.1, 0.15) is 50.7 Å². The Morgan fingerprint density at radius 1 is 0.306 bits per heavy atom. The molecule has 2 heterocycles. The Labute approximate surface area is 360 Å². The van der Waals surface area contributed by atoms with Crippen LogP contribution in [-0.4, -0.2) is 0 Å². The van der Waals surface area contributed by atoms with Gasteiger partial charge in [-0.15, -0.1) is 0 Å². The highest BCUT2D eigenvalue weighted by atomic mass is 16.3. The zero-order valence-electron chi connectivity index (χ0n) is 35.2. The van der Waals surface area contributed by atoms with Crippen molar-refractivity contribution in [1.82, 2.24) is 0 Å². The van der Waals surface area contributed by atoms with Gasteiger partial charge in [-0.3, -0.25) is 0 Å². The Morgan fingerprint density at radius 3 is 1.11 bits per heavy atom. The van der Waals surface area contributed by atoms with Crippen molar-refractivity contribution < 1.29 is 8.83 Å². The van der Waals surface area contributed by atoms with E-state index in [1.807, 2.05) is 12.1 Å². The largest absolute Gasteiger partial charge is 0.456 e. The van der Waals surface area contributed by atoms with E-state index < -0.39 is 0 Å². The Bertz CT molecular complexity index is 3410. The minimum Gasteiger partial charge on any atom is -0.456 e. The number of fused-ring (bicyclic) bond motifs is 6. The van der Waals surface area contributed by atoms with Crippen molar-refractivity contribution in [2.75, 3.05) is 9.80 Å². The molecule has 4 nitrogen and oxygen atoms in total. The number of nitrogens with zero attached hydrogens (tertiary/aromatic N) is 2. The Balaban J connectivity index is 1.22. The predicted molar refractivity (Wildman–Crippen MR) is 262 cm³/mol. The van der Waals surface area contributed by atoms with Gasteiger partial charge in [0, 0.05) is 32.9 Å². The molecule has 12 rings (SSSR count). The first-order valence-corrected chi connectivity index (χ1v) is 21.7. The smallest absolute Gasteiger partial charge is 0.137 e. The van der Waals surface area contributed by atoms with Crippen molar-refractivity contribution >= 4 is 110 Å². The Morgan fingerprint density at radius 2 is 0.694 bits per heavy atom. The molecule has 0 spiro atoms. The third-order valence-electron chi connectivity index (χ3n) is 12.9. The third-order valence-corrected chi connectivity index (χ3v) is 12.9. The molecule has 10 aromatic carbocycles. The van der Waals surface area contributed by atoms with Crippen molar-refractivity contribution in [3.05, 3.63) is 193 Å². The lowest BCUT2D eigenvalue weighted by Crippen LogP contribution is -2.13. The molecule has 298 valence electrons. The van der Waals surface area contributed by atoms with E-state index >= 15 is 0 Å². The van der Waals surface area contributed by atoms with Gasteiger partial charge in [-0.25, -0.2) is 0 Å². The summed E-state index contributed by atoms with van der Waals surface area (Å²) in [4.78, 5) is 4.91. The predicted octanol–water partition coefficient (Wildman–Crippen LogP) is 17.6. The molecule has 4 heteroatoms. The lowest BCUT2D eigenvalue weighted by atomic mass is 9.83. The van der Waals surface area contributed by atoms with Gasteiger partial charge in [0.2, 0.25) is 0 Å². The van der Waals surface area contributed by atoms with Crippen molar-refractivity contribution in [3.8, 4) is 0 Å². The molecule has 0 bridgehead atoms. The van der Waals surface area contributed by atoms with E-state index in [1.54, 1.807) is 0 Å². The van der Waals surface area contributed by atoms with Gasteiger partial charge in [-0.05, 0) is 129 Å². The van der Waals surface area contributed by atoms with E-state index in [0.717, 1.165) is 78.0 Å². The summed E-state index contributed by atoms with van der Waals surface area (Å²) in [6.45, 7) is 9.31. The molecule has 0 atom stereocenters. The van der Waals surface area contributed by atoms with Gasteiger partial charge in [-0.1, -0.05) is 125 Å². The van der Waals surface area contributed by atoms with E-state index in [2.05, 4.69) is 207 Å². The van der Waals surface area contributed by atoms with E-state index in [1.165, 1.54) is 43.4 Å². The zero-order chi connectivity index (χ0) is 41.6. The fourth-order valence-corrected chi connectivity index (χ4v) is 10.2. The minimum atomic E-state index is 0.271. The van der Waals surface area contributed by atoms with E-state index in [4.69, 9.17) is 8.83 Å². The van der Waals surface area contributed by atoms with Gasteiger partial charge in [0.1, 0.15) is 22.3 Å². The van der Waals surface area contributed by atoms with Crippen molar-refractivity contribution in [2.45, 2.75) is 39.5 Å². The van der Waals surface area contributed by atoms with E-state index in [-0.39, 0.29) is 11.8 Å². The zero-order valence-corrected chi connectivity index (χ0v) is 35.2. The number of benzene rings is 10. The highest BCUT2D eigenvalue weighted by Crippen LogP contribution is 2.53. The van der Waals surface area contributed by atoms with Crippen LogP contribution in [0.3, 0.4) is 0 Å². The standard InChI is InChI=1S/C58H44N2O2/c1-35(2)43-33-45-47(59(37-17-7-5-8-18-37)49-23-15-27-53-57(49)41-21-11-13-25-51(41)61-53)32-30-40-44(36(3)4)34-46-48(31-29-39(43)55(46)56(40)45)60(38-19-9-6-10-20-38)50-24-16-28-54-58(50)42-22-12-14-26-52(42)62-54/h5-36H,1-4H3. The van der Waals surface area contributed by atoms with Gasteiger partial charge >= 0.3 is 0 Å². The lowest BCUT2D eigenvalue weighted by molar-refractivity contribution is 0.668. The van der Waals surface area contributed by atoms with Crippen LogP contribution in [0.2, 0.25) is 0 Å². The van der Waals surface area contributed by atoms with Crippen LogP contribution in [-0.2, 0) is 0 Å². The first kappa shape index (κ1) is 36.3. The summed E-state index contributed by atoms with van der Waals surface area (Å²) in [6, 6.07) is 65.8. The molecule has 0 N–H and O–H groups in total. The highest BCUT2D eigenvalue weighted by molar-refractivity contribution is 6.30. The van der Waals surface area contributed by atoms with Gasteiger partial charge in [0.15, 0.2) is 0 Å². The van der Waals surface area contributed by atoms with Crippen molar-refractivity contribution in [1.29, 1.82) is 0 Å². The molecule has 0 unspecified atom stereocenters. The number of para-hydroxylation sites is 4. The van der Waals surface area contributed by atoms with E-state index in [0.29, 0.717) is 0 Å². The summed E-state index contributed by atoms with van der Waals surface area (Å²) < 4.78 is 13.0. The summed E-state index contributed by atoms with van der Waals surface area (Å²) >= 11 is 0. The summed E-state index contributed by atoms with van der Waals surface area (Å²) in [7, 11) is 0. The fraction of sp³-hybridized carbons (Fsp3) is 0.103. The highest BCUT2D eigenvalue weighted by Gasteiger charge is 2.28. The Kier molecular flexibility index (Phi) is 8.20. The average Bonchev–Trinajstić information content (AvgIpc) is 3.89. The maximum absolute atomic E-state index is 6.50. The number of hydrogen-bond donors (Lipinski definition) is 0. The molecule has 0 aliphatic rings. The fourth-order valence-electron chi connectivity index (χ4n) is 10.2. The molecule has 0 saturated heterocycles. The quantitative estimate of drug-likeness (QED) is 0.143. The van der Waals surface area contributed by atoms with Crippen LogP contribution in [0.25, 0.3) is 76.2 Å². The second-order valence-corrected chi connectivity index (χ2v) is 17.2. The molecule has 0 aliphatic heterocycles. The molecule has 0 fully saturated rings. The lowest BCUT2D eigenvalue weighted by Gasteiger charge is -2.31. The van der Waals surface area contributed by atoms with Crippen LogP contribution >= 0.6 is 0 Å². The van der Waals surface area contributed by atoms with Gasteiger partial charge in [0.25, 0.3) is 0 Å². The van der Waals surface area contributed by atoms with Gasteiger partial charge < -0.3 is 18.6 Å². The normalized spacial score (nSPS) is 12.2. The topological polar surface area (TPSA) is 32.8 Å². The maximum Gasteiger partial charge on any atom is 0.137 e. The van der Waals surface area contributed by atoms with Crippen molar-refractivity contribution in [2.24, 2.45) is 0 Å². The van der Waals surface area contributed by atoms with Crippen LogP contribution in [0.5, 0.6) is 0 Å². The van der Waals surface area contributed by atoms with Crippen LogP contribution in [0.4, 0.5) is 34.1 Å². The monoisotopic (exact) mass is 800 g/mol. The molecule has 62 heavy (non-hydrogen) atoms. The molecule has 0 amide bonds. The number of furan rings is 2. The summed E-state index contributed by atoms with van der Waals surface area (Å²) in [6.07, 6.45) is 0. The molecular weight excluding hydrogens is 757 g/mol. The third kappa shape index (κ3) is 5.39. The minimum absolute atomic E-state index is 0.271. The second kappa shape index (κ2) is 14.0. The second-order valence-electron chi connectivity index (χ2n) is 17.2. The van der Waals surface area contributed by atoms with Gasteiger partial charge in [-0.2, -0.15) is 0 Å². The first-order chi connectivity index (χ1) is 30.4. The summed E-state index contributed by atoms with van der Waals surface area (Å²) in [5, 5.41) is 12.0. The summed E-state index contributed by atoms with van der Waals surface area (Å²) in [5.74, 6) is 0.542. The number of hydrogen-bond acceptors (Lipinski definition) is 4. The maximum atomic E-state index is 6.50. The van der Waals surface area contributed by atoms with Gasteiger partial charge in [0.05, 0.1) is 33.5 Å². The first-order valence-electron chi connectivity index (χ1n) is 21.7.